The number of likely N-dealkylation sites (N-methyl/N-ethyl adjacent to an activating group) is 1. The summed E-state index contributed by atoms with van der Waals surface area (Å²) in [7, 11) is 4.30. The highest BCUT2D eigenvalue weighted by molar-refractivity contribution is 5.31. The highest BCUT2D eigenvalue weighted by Crippen LogP contribution is 2.35. The molecule has 3 atom stereocenters. The van der Waals surface area contributed by atoms with Crippen LogP contribution in [0.3, 0.4) is 0 Å². The Bertz CT molecular complexity index is 474. The lowest BCUT2D eigenvalue weighted by molar-refractivity contribution is 0.0318. The first-order valence-electron chi connectivity index (χ1n) is 8.33. The van der Waals surface area contributed by atoms with Gasteiger partial charge in [-0.15, -0.1) is 0 Å². The van der Waals surface area contributed by atoms with Gasteiger partial charge in [-0.1, -0.05) is 24.3 Å². The second-order valence-electron chi connectivity index (χ2n) is 6.90. The Morgan fingerprint density at radius 3 is 2.81 bits per heavy atom. The van der Waals surface area contributed by atoms with Crippen molar-refractivity contribution in [2.75, 3.05) is 27.2 Å². The van der Waals surface area contributed by atoms with E-state index in [1.54, 1.807) is 0 Å². The number of rotatable bonds is 3. The lowest BCUT2D eigenvalue weighted by Crippen LogP contribution is -2.46. The van der Waals surface area contributed by atoms with Crippen molar-refractivity contribution in [3.63, 3.8) is 0 Å². The number of hydrogen-bond donors (Lipinski definition) is 1. The zero-order valence-corrected chi connectivity index (χ0v) is 13.3. The third-order valence-electron chi connectivity index (χ3n) is 5.11. The van der Waals surface area contributed by atoms with Crippen LogP contribution in [0.4, 0.5) is 0 Å². The number of benzene rings is 1. The molecule has 1 aliphatic heterocycles. The molecule has 0 amide bonds. The van der Waals surface area contributed by atoms with Crippen LogP contribution >= 0.6 is 0 Å². The smallest absolute Gasteiger partial charge is 0.0947 e. The van der Waals surface area contributed by atoms with E-state index in [-0.39, 0.29) is 6.10 Å². The predicted molar refractivity (Wildman–Crippen MR) is 86.4 cm³/mol. The highest BCUT2D eigenvalue weighted by atomic mass is 16.3. The number of aliphatic hydroxyl groups excluding tert-OH is 1. The van der Waals surface area contributed by atoms with Crippen LogP contribution in [0.15, 0.2) is 24.3 Å². The van der Waals surface area contributed by atoms with Gasteiger partial charge < -0.3 is 10.0 Å². The highest BCUT2D eigenvalue weighted by Gasteiger charge is 2.36. The topological polar surface area (TPSA) is 26.7 Å². The predicted octanol–water partition coefficient (Wildman–Crippen LogP) is 2.45. The van der Waals surface area contributed by atoms with Crippen LogP contribution in [0.1, 0.15) is 42.9 Å². The summed E-state index contributed by atoms with van der Waals surface area (Å²) in [5, 5.41) is 11.0. The number of hydrogen-bond acceptors (Lipinski definition) is 3. The number of nitrogens with zero attached hydrogens (tertiary/aromatic N) is 2. The monoisotopic (exact) mass is 288 g/mol. The van der Waals surface area contributed by atoms with Crippen LogP contribution in [0.25, 0.3) is 0 Å². The molecule has 3 nitrogen and oxygen atoms in total. The molecule has 3 heteroatoms. The number of likely N-dealkylation sites (tertiary alicyclic amines) is 1. The molecule has 3 rings (SSSR count). The van der Waals surface area contributed by atoms with Crippen LogP contribution in [0, 0.1) is 0 Å². The van der Waals surface area contributed by atoms with Gasteiger partial charge >= 0.3 is 0 Å². The minimum atomic E-state index is -0.327. The van der Waals surface area contributed by atoms with E-state index >= 15 is 0 Å². The quantitative estimate of drug-likeness (QED) is 0.866. The van der Waals surface area contributed by atoms with Crippen LogP contribution in [-0.4, -0.2) is 54.2 Å². The maximum absolute atomic E-state index is 11.0. The second kappa shape index (κ2) is 6.47. The minimum Gasteiger partial charge on any atom is -0.387 e. The van der Waals surface area contributed by atoms with Gasteiger partial charge in [0.05, 0.1) is 6.10 Å². The molecule has 0 spiro atoms. The summed E-state index contributed by atoms with van der Waals surface area (Å²) >= 11 is 0. The van der Waals surface area contributed by atoms with Gasteiger partial charge in [0, 0.05) is 18.6 Å². The van der Waals surface area contributed by atoms with Crippen molar-refractivity contribution >= 4 is 0 Å². The SMILES string of the molecule is CN(C)CC1CCCN1C1CCCc2ccccc2C1O. The summed E-state index contributed by atoms with van der Waals surface area (Å²) in [5.74, 6) is 0. The molecule has 3 unspecified atom stereocenters. The van der Waals surface area contributed by atoms with Gasteiger partial charge in [0.1, 0.15) is 0 Å². The second-order valence-corrected chi connectivity index (χ2v) is 6.90. The van der Waals surface area contributed by atoms with Crippen LogP contribution < -0.4 is 0 Å². The van der Waals surface area contributed by atoms with Crippen molar-refractivity contribution in [1.82, 2.24) is 9.80 Å². The zero-order valence-electron chi connectivity index (χ0n) is 13.3. The van der Waals surface area contributed by atoms with E-state index in [1.165, 1.54) is 24.8 Å². The van der Waals surface area contributed by atoms with Crippen molar-refractivity contribution in [2.45, 2.75) is 50.3 Å². The van der Waals surface area contributed by atoms with E-state index in [0.717, 1.165) is 31.5 Å². The van der Waals surface area contributed by atoms with E-state index in [4.69, 9.17) is 0 Å². The van der Waals surface area contributed by atoms with Gasteiger partial charge in [-0.3, -0.25) is 4.90 Å². The van der Waals surface area contributed by atoms with E-state index in [2.05, 4.69) is 48.2 Å². The fourth-order valence-corrected chi connectivity index (χ4v) is 4.18. The van der Waals surface area contributed by atoms with Crippen LogP contribution in [-0.2, 0) is 6.42 Å². The lowest BCUT2D eigenvalue weighted by Gasteiger charge is -2.36. The van der Waals surface area contributed by atoms with E-state index in [1.807, 2.05) is 0 Å². The maximum Gasteiger partial charge on any atom is 0.0947 e. The summed E-state index contributed by atoms with van der Waals surface area (Å²) < 4.78 is 0. The van der Waals surface area contributed by atoms with Gasteiger partial charge in [-0.25, -0.2) is 0 Å². The van der Waals surface area contributed by atoms with E-state index in [0.29, 0.717) is 12.1 Å². The molecule has 1 fully saturated rings. The standard InChI is InChI=1S/C18H28N2O/c1-19(2)13-15-9-6-12-20(15)17-11-5-8-14-7-3-4-10-16(14)18(17)21/h3-4,7,10,15,17-18,21H,5-6,8-9,11-13H2,1-2H3. The van der Waals surface area contributed by atoms with Gasteiger partial charge in [0.15, 0.2) is 0 Å². The van der Waals surface area contributed by atoms with E-state index in [9.17, 15) is 5.11 Å². The van der Waals surface area contributed by atoms with Crippen molar-refractivity contribution in [3.05, 3.63) is 35.4 Å². The van der Waals surface area contributed by atoms with Crippen LogP contribution in [0.2, 0.25) is 0 Å². The van der Waals surface area contributed by atoms with Gasteiger partial charge in [-0.2, -0.15) is 0 Å². The first kappa shape index (κ1) is 15.0. The molecule has 1 saturated heterocycles. The molecule has 1 aliphatic carbocycles. The third-order valence-corrected chi connectivity index (χ3v) is 5.11. The number of aliphatic hydroxyl groups is 1. The molecule has 0 saturated carbocycles. The molecule has 1 N–H and O–H groups in total. The van der Waals surface area contributed by atoms with Crippen molar-refractivity contribution < 1.29 is 5.11 Å². The largest absolute Gasteiger partial charge is 0.387 e. The molecular weight excluding hydrogens is 260 g/mol. The Labute approximate surface area is 128 Å². The minimum absolute atomic E-state index is 0.293. The summed E-state index contributed by atoms with van der Waals surface area (Å²) in [6, 6.07) is 9.35. The third kappa shape index (κ3) is 3.15. The first-order valence-corrected chi connectivity index (χ1v) is 8.33. The Hall–Kier alpha value is -0.900. The molecule has 0 radical (unpaired) electrons. The maximum atomic E-state index is 11.0. The molecule has 0 bridgehead atoms. The summed E-state index contributed by atoms with van der Waals surface area (Å²) in [6.07, 6.45) is 5.61. The summed E-state index contributed by atoms with van der Waals surface area (Å²) in [4.78, 5) is 4.87. The average molecular weight is 288 g/mol. The van der Waals surface area contributed by atoms with E-state index < -0.39 is 0 Å². The number of aryl methyl sites for hydroxylation is 1. The van der Waals surface area contributed by atoms with Gasteiger partial charge in [0.25, 0.3) is 0 Å². The van der Waals surface area contributed by atoms with Crippen molar-refractivity contribution in [3.8, 4) is 0 Å². The Morgan fingerprint density at radius 1 is 1.19 bits per heavy atom. The first-order chi connectivity index (χ1) is 10.2. The molecule has 1 heterocycles. The molecule has 116 valence electrons. The molecule has 0 aromatic heterocycles. The van der Waals surface area contributed by atoms with Crippen LogP contribution in [0.5, 0.6) is 0 Å². The van der Waals surface area contributed by atoms with Gasteiger partial charge in [0.2, 0.25) is 0 Å². The molecule has 2 aliphatic rings. The van der Waals surface area contributed by atoms with Gasteiger partial charge in [-0.05, 0) is 63.9 Å². The Kier molecular flexibility index (Phi) is 4.63. The molecule has 21 heavy (non-hydrogen) atoms. The zero-order chi connectivity index (χ0) is 14.8. The lowest BCUT2D eigenvalue weighted by atomic mass is 9.97. The molecular formula is C18H28N2O. The van der Waals surface area contributed by atoms with Crippen molar-refractivity contribution in [2.24, 2.45) is 0 Å². The molecule has 1 aromatic rings. The fourth-order valence-electron chi connectivity index (χ4n) is 4.18. The normalized spacial score (nSPS) is 30.4. The Balaban J connectivity index is 1.81. The summed E-state index contributed by atoms with van der Waals surface area (Å²) in [5.41, 5.74) is 2.51. The number of fused-ring (bicyclic) bond motifs is 1. The average Bonchev–Trinajstić information content (AvgIpc) is 2.83. The Morgan fingerprint density at radius 2 is 2.00 bits per heavy atom. The van der Waals surface area contributed by atoms with Crippen molar-refractivity contribution in [1.29, 1.82) is 0 Å². The summed E-state index contributed by atoms with van der Waals surface area (Å²) in [6.45, 7) is 2.24. The molecule has 1 aromatic carbocycles. The fraction of sp³-hybridized carbons (Fsp3) is 0.667.